The van der Waals surface area contributed by atoms with Crippen molar-refractivity contribution in [3.05, 3.63) is 59.3 Å². The maximum Gasteiger partial charge on any atom is 0.418 e. The zero-order chi connectivity index (χ0) is 19.8. The van der Waals surface area contributed by atoms with E-state index >= 15 is 0 Å². The molecule has 0 bridgehead atoms. The molecule has 2 N–H and O–H groups in total. The van der Waals surface area contributed by atoms with Gasteiger partial charge in [-0.3, -0.25) is 9.78 Å². The van der Waals surface area contributed by atoms with Crippen LogP contribution in [-0.2, 0) is 6.18 Å². The fourth-order valence-electron chi connectivity index (χ4n) is 2.55. The number of carbonyl (C=O) groups excluding carboxylic acids is 1. The van der Waals surface area contributed by atoms with Crippen LogP contribution in [0.4, 0.5) is 18.9 Å². The van der Waals surface area contributed by atoms with Gasteiger partial charge in [-0.2, -0.15) is 13.2 Å². The Morgan fingerprint density at radius 1 is 1.11 bits per heavy atom. The first-order valence-corrected chi connectivity index (χ1v) is 7.51. The lowest BCUT2D eigenvalue weighted by molar-refractivity contribution is -0.136. The number of nitrogens with zero attached hydrogens (tertiary/aromatic N) is 3. The van der Waals surface area contributed by atoms with Gasteiger partial charge in [-0.1, -0.05) is 12.1 Å². The van der Waals surface area contributed by atoms with Crippen molar-refractivity contribution in [3.8, 4) is 0 Å². The third kappa shape index (κ3) is 3.54. The molecule has 1 amide bonds. The first kappa shape index (κ1) is 18.2. The van der Waals surface area contributed by atoms with Crippen LogP contribution in [0.3, 0.4) is 0 Å². The summed E-state index contributed by atoms with van der Waals surface area (Å²) in [7, 11) is 0. The molecule has 0 saturated carbocycles. The molecule has 0 radical (unpaired) electrons. The Bertz CT molecular complexity index is 1070. The highest BCUT2D eigenvalue weighted by atomic mass is 19.4. The minimum absolute atomic E-state index is 0.0515. The summed E-state index contributed by atoms with van der Waals surface area (Å²) in [5, 5.41) is 11.6. The van der Waals surface area contributed by atoms with Crippen LogP contribution in [0.5, 0.6) is 0 Å². The maximum atomic E-state index is 13.2. The van der Waals surface area contributed by atoms with Crippen molar-refractivity contribution in [1.82, 2.24) is 15.0 Å². The van der Waals surface area contributed by atoms with E-state index in [4.69, 9.17) is 5.11 Å². The molecule has 0 aliphatic heterocycles. The molecule has 10 heteroatoms. The number of anilines is 1. The number of para-hydroxylation sites is 1. The predicted octanol–water partition coefficient (Wildman–Crippen LogP) is 3.30. The fraction of sp³-hybridized carbons (Fsp3) is 0.118. The van der Waals surface area contributed by atoms with Gasteiger partial charge in [-0.25, -0.2) is 14.8 Å². The molecule has 7 nitrogen and oxygen atoms in total. The molecule has 138 valence electrons. The van der Waals surface area contributed by atoms with Crippen molar-refractivity contribution in [3.63, 3.8) is 0 Å². The van der Waals surface area contributed by atoms with Crippen molar-refractivity contribution in [2.45, 2.75) is 13.1 Å². The van der Waals surface area contributed by atoms with Gasteiger partial charge >= 0.3 is 12.1 Å². The van der Waals surface area contributed by atoms with Crippen LogP contribution >= 0.6 is 0 Å². The van der Waals surface area contributed by atoms with E-state index in [9.17, 15) is 22.8 Å². The second-order valence-corrected chi connectivity index (χ2v) is 5.52. The van der Waals surface area contributed by atoms with E-state index in [0.717, 1.165) is 18.5 Å². The Labute approximate surface area is 149 Å². The third-order valence-electron chi connectivity index (χ3n) is 3.64. The molecule has 1 aromatic carbocycles. The highest BCUT2D eigenvalue weighted by molar-refractivity contribution is 6.11. The zero-order valence-corrected chi connectivity index (χ0v) is 13.7. The number of hydrogen-bond donors (Lipinski definition) is 2. The number of aromatic carboxylic acids is 1. The van der Waals surface area contributed by atoms with Crippen LogP contribution in [0.2, 0.25) is 0 Å². The van der Waals surface area contributed by atoms with Crippen LogP contribution in [-0.4, -0.2) is 31.9 Å². The molecular weight excluding hydrogens is 365 g/mol. The monoisotopic (exact) mass is 376 g/mol. The van der Waals surface area contributed by atoms with Crippen molar-refractivity contribution in [2.75, 3.05) is 5.32 Å². The summed E-state index contributed by atoms with van der Waals surface area (Å²) in [6.07, 6.45) is -2.37. The van der Waals surface area contributed by atoms with Gasteiger partial charge in [-0.15, -0.1) is 0 Å². The lowest BCUT2D eigenvalue weighted by Gasteiger charge is -2.14. The number of halogens is 3. The molecule has 0 unspecified atom stereocenters. The lowest BCUT2D eigenvalue weighted by atomic mass is 10.1. The molecule has 0 aliphatic carbocycles. The van der Waals surface area contributed by atoms with Gasteiger partial charge in [0.1, 0.15) is 0 Å². The number of fused-ring (bicyclic) bond motifs is 1. The van der Waals surface area contributed by atoms with Crippen LogP contribution in [0, 0.1) is 6.92 Å². The molecule has 0 atom stereocenters. The van der Waals surface area contributed by atoms with Gasteiger partial charge in [0.2, 0.25) is 0 Å². The fourth-order valence-corrected chi connectivity index (χ4v) is 2.55. The van der Waals surface area contributed by atoms with Gasteiger partial charge in [0.15, 0.2) is 11.4 Å². The Morgan fingerprint density at radius 3 is 2.41 bits per heavy atom. The molecule has 3 aromatic rings. The van der Waals surface area contributed by atoms with Gasteiger partial charge in [0, 0.05) is 23.5 Å². The molecule has 0 aliphatic rings. The van der Waals surface area contributed by atoms with E-state index in [0.29, 0.717) is 0 Å². The number of carboxylic acid groups (broad SMARTS) is 1. The predicted molar refractivity (Wildman–Crippen MR) is 88.4 cm³/mol. The average Bonchev–Trinajstić information content (AvgIpc) is 2.60. The SMILES string of the molecule is Cc1cc(NC(=O)c2nccnc2C(=O)O)c2cccc(C(F)(F)F)c2n1. The summed E-state index contributed by atoms with van der Waals surface area (Å²) in [5.41, 5.74) is -1.99. The Morgan fingerprint density at radius 2 is 1.78 bits per heavy atom. The summed E-state index contributed by atoms with van der Waals surface area (Å²) >= 11 is 0. The largest absolute Gasteiger partial charge is 0.476 e. The summed E-state index contributed by atoms with van der Waals surface area (Å²) in [6, 6.07) is 4.85. The van der Waals surface area contributed by atoms with Gasteiger partial charge < -0.3 is 10.4 Å². The molecular formula is C17H11F3N4O3. The number of alkyl halides is 3. The molecule has 2 heterocycles. The summed E-state index contributed by atoms with van der Waals surface area (Å²) in [5.74, 6) is -2.37. The van der Waals surface area contributed by atoms with E-state index in [1.165, 1.54) is 25.1 Å². The first-order chi connectivity index (χ1) is 12.7. The number of carboxylic acids is 1. The van der Waals surface area contributed by atoms with Crippen molar-refractivity contribution < 1.29 is 27.9 Å². The van der Waals surface area contributed by atoms with E-state index in [1.807, 2.05) is 0 Å². The number of aromatic nitrogens is 3. The summed E-state index contributed by atoms with van der Waals surface area (Å²) < 4.78 is 39.7. The molecule has 0 spiro atoms. The Kier molecular flexibility index (Phi) is 4.48. The average molecular weight is 376 g/mol. The van der Waals surface area contributed by atoms with E-state index < -0.39 is 35.0 Å². The van der Waals surface area contributed by atoms with Crippen LogP contribution in [0.15, 0.2) is 36.7 Å². The minimum Gasteiger partial charge on any atom is -0.476 e. The number of benzene rings is 1. The Hall–Kier alpha value is -3.56. The number of hydrogen-bond acceptors (Lipinski definition) is 5. The second-order valence-electron chi connectivity index (χ2n) is 5.52. The van der Waals surface area contributed by atoms with E-state index in [-0.39, 0.29) is 22.3 Å². The zero-order valence-electron chi connectivity index (χ0n) is 13.7. The first-order valence-electron chi connectivity index (χ1n) is 7.51. The van der Waals surface area contributed by atoms with Crippen molar-refractivity contribution >= 4 is 28.5 Å². The number of amides is 1. The molecule has 0 saturated heterocycles. The number of rotatable bonds is 3. The van der Waals surface area contributed by atoms with Gasteiger partial charge in [0.05, 0.1) is 16.8 Å². The minimum atomic E-state index is -4.62. The van der Waals surface area contributed by atoms with Crippen molar-refractivity contribution in [1.29, 1.82) is 0 Å². The van der Waals surface area contributed by atoms with E-state index in [2.05, 4.69) is 20.3 Å². The second kappa shape index (κ2) is 6.63. The standard InChI is InChI=1S/C17H11F3N4O3/c1-8-7-11(9-3-2-4-10(12(9)23-8)17(18,19)20)24-15(25)13-14(16(26)27)22-6-5-21-13/h2-7H,1H3,(H,26,27)(H,23,24,25). The number of aryl methyl sites for hydroxylation is 1. The lowest BCUT2D eigenvalue weighted by Crippen LogP contribution is -2.20. The topological polar surface area (TPSA) is 105 Å². The van der Waals surface area contributed by atoms with Gasteiger partial charge in [-0.05, 0) is 19.1 Å². The quantitative estimate of drug-likeness (QED) is 0.727. The number of nitrogens with one attached hydrogen (secondary N) is 1. The smallest absolute Gasteiger partial charge is 0.418 e. The third-order valence-corrected chi connectivity index (χ3v) is 3.64. The van der Waals surface area contributed by atoms with Crippen LogP contribution in [0.25, 0.3) is 10.9 Å². The van der Waals surface area contributed by atoms with Crippen molar-refractivity contribution in [2.24, 2.45) is 0 Å². The highest BCUT2D eigenvalue weighted by Gasteiger charge is 2.33. The van der Waals surface area contributed by atoms with Crippen LogP contribution < -0.4 is 5.32 Å². The van der Waals surface area contributed by atoms with E-state index in [1.54, 1.807) is 0 Å². The van der Waals surface area contributed by atoms with Gasteiger partial charge in [0.25, 0.3) is 5.91 Å². The maximum absolute atomic E-state index is 13.2. The normalized spacial score (nSPS) is 11.4. The highest BCUT2D eigenvalue weighted by Crippen LogP contribution is 2.36. The van der Waals surface area contributed by atoms with Crippen LogP contribution in [0.1, 0.15) is 32.2 Å². The summed E-state index contributed by atoms with van der Waals surface area (Å²) in [4.78, 5) is 34.9. The molecule has 27 heavy (non-hydrogen) atoms. The molecule has 2 aromatic heterocycles. The number of carbonyl (C=O) groups is 2. The Balaban J connectivity index is 2.11. The number of pyridine rings is 1. The summed E-state index contributed by atoms with van der Waals surface area (Å²) in [6.45, 7) is 1.48. The molecule has 3 rings (SSSR count). The molecule has 0 fully saturated rings.